The van der Waals surface area contributed by atoms with Crippen LogP contribution in [0.3, 0.4) is 0 Å². The number of nitrogens with one attached hydrogen (secondary N) is 1. The largest absolute Gasteiger partial charge is 0.497 e. The van der Waals surface area contributed by atoms with Crippen molar-refractivity contribution in [2.75, 3.05) is 13.7 Å². The van der Waals surface area contributed by atoms with Crippen LogP contribution in [0.25, 0.3) is 16.1 Å². The van der Waals surface area contributed by atoms with E-state index in [1.807, 2.05) is 48.7 Å². The van der Waals surface area contributed by atoms with E-state index in [4.69, 9.17) is 4.74 Å². The summed E-state index contributed by atoms with van der Waals surface area (Å²) < 4.78 is 5.15. The van der Waals surface area contributed by atoms with Crippen LogP contribution in [0, 0.1) is 0 Å². The monoisotopic (exact) mass is 379 g/mol. The summed E-state index contributed by atoms with van der Waals surface area (Å²) in [6, 6.07) is 11.5. The van der Waals surface area contributed by atoms with E-state index < -0.39 is 0 Å². The first-order valence-electron chi connectivity index (χ1n) is 8.61. The third-order valence-corrected chi connectivity index (χ3v) is 4.97. The van der Waals surface area contributed by atoms with Gasteiger partial charge in [0.25, 0.3) is 0 Å². The van der Waals surface area contributed by atoms with Crippen LogP contribution in [0.15, 0.2) is 60.2 Å². The predicted molar refractivity (Wildman–Crippen MR) is 109 cm³/mol. The molecule has 2 heterocycles. The van der Waals surface area contributed by atoms with E-state index in [1.165, 1.54) is 0 Å². The standard InChI is InChI=1S/C21H21N3O2S/c1-15(16-5-7-19(26-2)8-6-16)12-20(25)23-11-9-18-14-27-21(24-18)17-4-3-10-22-13-17/h3-8,10,12-14H,9,11H2,1-2H3,(H,23,25)/b15-12+. The fourth-order valence-corrected chi connectivity index (χ4v) is 3.39. The Morgan fingerprint density at radius 2 is 2.07 bits per heavy atom. The summed E-state index contributed by atoms with van der Waals surface area (Å²) in [7, 11) is 1.63. The maximum Gasteiger partial charge on any atom is 0.244 e. The highest BCUT2D eigenvalue weighted by atomic mass is 32.1. The molecular weight excluding hydrogens is 358 g/mol. The van der Waals surface area contributed by atoms with E-state index in [1.54, 1.807) is 36.9 Å². The fourth-order valence-electron chi connectivity index (χ4n) is 2.54. The van der Waals surface area contributed by atoms with Crippen LogP contribution in [-0.2, 0) is 11.2 Å². The van der Waals surface area contributed by atoms with Gasteiger partial charge in [0, 0.05) is 42.4 Å². The Kier molecular flexibility index (Phi) is 6.33. The number of amides is 1. The number of benzene rings is 1. The molecule has 0 unspecified atom stereocenters. The molecular formula is C21H21N3O2S. The summed E-state index contributed by atoms with van der Waals surface area (Å²) in [5, 5.41) is 5.88. The molecule has 27 heavy (non-hydrogen) atoms. The number of hydrogen-bond acceptors (Lipinski definition) is 5. The van der Waals surface area contributed by atoms with Crippen LogP contribution < -0.4 is 10.1 Å². The van der Waals surface area contributed by atoms with Crippen molar-refractivity contribution >= 4 is 22.8 Å². The number of pyridine rings is 1. The molecule has 2 aromatic heterocycles. The third kappa shape index (κ3) is 5.24. The minimum Gasteiger partial charge on any atom is -0.497 e. The summed E-state index contributed by atoms with van der Waals surface area (Å²) in [6.07, 6.45) is 5.86. The third-order valence-electron chi connectivity index (χ3n) is 4.03. The van der Waals surface area contributed by atoms with Gasteiger partial charge in [-0.25, -0.2) is 4.98 Å². The first-order chi connectivity index (χ1) is 13.2. The lowest BCUT2D eigenvalue weighted by Gasteiger charge is -2.05. The van der Waals surface area contributed by atoms with Gasteiger partial charge in [-0.05, 0) is 42.3 Å². The Morgan fingerprint density at radius 1 is 1.26 bits per heavy atom. The zero-order chi connectivity index (χ0) is 19.1. The van der Waals surface area contributed by atoms with E-state index in [2.05, 4.69) is 15.3 Å². The lowest BCUT2D eigenvalue weighted by molar-refractivity contribution is -0.116. The van der Waals surface area contributed by atoms with Crippen molar-refractivity contribution in [3.05, 3.63) is 71.5 Å². The molecule has 0 spiro atoms. The molecule has 0 bridgehead atoms. The fraction of sp³-hybridized carbons (Fsp3) is 0.190. The van der Waals surface area contributed by atoms with Crippen molar-refractivity contribution < 1.29 is 9.53 Å². The van der Waals surface area contributed by atoms with Crippen LogP contribution in [0.4, 0.5) is 0 Å². The second-order valence-corrected chi connectivity index (χ2v) is 6.84. The highest BCUT2D eigenvalue weighted by Gasteiger charge is 2.06. The lowest BCUT2D eigenvalue weighted by Crippen LogP contribution is -2.23. The van der Waals surface area contributed by atoms with Gasteiger partial charge in [-0.2, -0.15) is 0 Å². The van der Waals surface area contributed by atoms with Crippen LogP contribution >= 0.6 is 11.3 Å². The van der Waals surface area contributed by atoms with E-state index >= 15 is 0 Å². The number of carbonyl (C=O) groups is 1. The quantitative estimate of drug-likeness (QED) is 0.631. The molecule has 6 heteroatoms. The highest BCUT2D eigenvalue weighted by molar-refractivity contribution is 7.13. The molecule has 1 amide bonds. The normalized spacial score (nSPS) is 11.3. The number of carbonyl (C=O) groups excluding carboxylic acids is 1. The smallest absolute Gasteiger partial charge is 0.244 e. The van der Waals surface area contributed by atoms with Crippen molar-refractivity contribution in [1.29, 1.82) is 0 Å². The SMILES string of the molecule is COc1ccc(/C(C)=C/C(=O)NCCc2csc(-c3cccnc3)n2)cc1. The second-order valence-electron chi connectivity index (χ2n) is 5.98. The summed E-state index contributed by atoms with van der Waals surface area (Å²) in [5.74, 6) is 0.691. The van der Waals surface area contributed by atoms with Gasteiger partial charge in [-0.3, -0.25) is 9.78 Å². The van der Waals surface area contributed by atoms with Gasteiger partial charge in [-0.1, -0.05) is 12.1 Å². The molecule has 0 radical (unpaired) electrons. The van der Waals surface area contributed by atoms with Gasteiger partial charge >= 0.3 is 0 Å². The second kappa shape index (κ2) is 9.09. The molecule has 138 valence electrons. The van der Waals surface area contributed by atoms with E-state index in [0.29, 0.717) is 13.0 Å². The zero-order valence-electron chi connectivity index (χ0n) is 15.3. The number of aromatic nitrogens is 2. The molecule has 3 aromatic rings. The van der Waals surface area contributed by atoms with Gasteiger partial charge in [-0.15, -0.1) is 11.3 Å². The van der Waals surface area contributed by atoms with Crippen molar-refractivity contribution in [1.82, 2.24) is 15.3 Å². The number of allylic oxidation sites excluding steroid dienone is 1. The van der Waals surface area contributed by atoms with Crippen LogP contribution in [-0.4, -0.2) is 29.5 Å². The van der Waals surface area contributed by atoms with Gasteiger partial charge in [0.2, 0.25) is 5.91 Å². The van der Waals surface area contributed by atoms with Crippen molar-refractivity contribution in [3.8, 4) is 16.3 Å². The zero-order valence-corrected chi connectivity index (χ0v) is 16.1. The Labute approximate surface area is 162 Å². The molecule has 1 aromatic carbocycles. The van der Waals surface area contributed by atoms with Crippen molar-refractivity contribution in [3.63, 3.8) is 0 Å². The molecule has 0 fully saturated rings. The minimum absolute atomic E-state index is 0.106. The summed E-state index contributed by atoms with van der Waals surface area (Å²) in [4.78, 5) is 20.8. The molecule has 0 aliphatic carbocycles. The van der Waals surface area contributed by atoms with Gasteiger partial charge in [0.1, 0.15) is 10.8 Å². The number of rotatable bonds is 7. The molecule has 0 aliphatic heterocycles. The Hall–Kier alpha value is -2.99. The highest BCUT2D eigenvalue weighted by Crippen LogP contribution is 2.22. The molecule has 0 aliphatic rings. The maximum atomic E-state index is 12.1. The number of ether oxygens (including phenoxy) is 1. The molecule has 3 rings (SSSR count). The topological polar surface area (TPSA) is 64.1 Å². The molecule has 0 atom stereocenters. The Morgan fingerprint density at radius 3 is 2.78 bits per heavy atom. The van der Waals surface area contributed by atoms with Crippen molar-refractivity contribution in [2.45, 2.75) is 13.3 Å². The van der Waals surface area contributed by atoms with Crippen LogP contribution in [0.2, 0.25) is 0 Å². The molecule has 5 nitrogen and oxygen atoms in total. The minimum atomic E-state index is -0.106. The van der Waals surface area contributed by atoms with E-state index in [-0.39, 0.29) is 5.91 Å². The van der Waals surface area contributed by atoms with Gasteiger partial charge < -0.3 is 10.1 Å². The van der Waals surface area contributed by atoms with Crippen LogP contribution in [0.5, 0.6) is 5.75 Å². The molecule has 0 saturated carbocycles. The van der Waals surface area contributed by atoms with Gasteiger partial charge in [0.05, 0.1) is 12.8 Å². The molecule has 1 N–H and O–H groups in total. The average molecular weight is 379 g/mol. The van der Waals surface area contributed by atoms with E-state index in [9.17, 15) is 4.79 Å². The number of nitrogens with zero attached hydrogens (tertiary/aromatic N) is 2. The Bertz CT molecular complexity index is 918. The summed E-state index contributed by atoms with van der Waals surface area (Å²) in [6.45, 7) is 2.46. The van der Waals surface area contributed by atoms with Crippen molar-refractivity contribution in [2.24, 2.45) is 0 Å². The molecule has 0 saturated heterocycles. The first kappa shape index (κ1) is 18.8. The number of methoxy groups -OCH3 is 1. The number of thiazole rings is 1. The summed E-state index contributed by atoms with van der Waals surface area (Å²) in [5.41, 5.74) is 3.88. The van der Waals surface area contributed by atoms with E-state index in [0.717, 1.165) is 33.2 Å². The van der Waals surface area contributed by atoms with Gasteiger partial charge in [0.15, 0.2) is 0 Å². The predicted octanol–water partition coefficient (Wildman–Crippen LogP) is 3.98. The Balaban J connectivity index is 1.51. The lowest BCUT2D eigenvalue weighted by atomic mass is 10.1. The maximum absolute atomic E-state index is 12.1. The summed E-state index contributed by atoms with van der Waals surface area (Å²) >= 11 is 1.59. The first-order valence-corrected chi connectivity index (χ1v) is 9.49. The number of hydrogen-bond donors (Lipinski definition) is 1. The van der Waals surface area contributed by atoms with Crippen LogP contribution in [0.1, 0.15) is 18.2 Å². The average Bonchev–Trinajstić information content (AvgIpc) is 3.17.